The SMILES string of the molecule is COCCN(CCCl)C(=O)c1ccc(C(C)(C)C)cc1. The van der Waals surface area contributed by atoms with Crippen LogP contribution in [-0.2, 0) is 10.2 Å². The second-order valence-electron chi connectivity index (χ2n) is 5.80. The van der Waals surface area contributed by atoms with Gasteiger partial charge in [-0.1, -0.05) is 32.9 Å². The number of nitrogens with zero attached hydrogens (tertiary/aromatic N) is 1. The van der Waals surface area contributed by atoms with Crippen molar-refractivity contribution in [3.63, 3.8) is 0 Å². The molecule has 0 aliphatic rings. The molecule has 1 rings (SSSR count). The lowest BCUT2D eigenvalue weighted by molar-refractivity contribution is 0.0708. The van der Waals surface area contributed by atoms with Crippen molar-refractivity contribution in [2.45, 2.75) is 26.2 Å². The normalized spacial score (nSPS) is 11.4. The molecule has 0 spiro atoms. The number of benzene rings is 1. The quantitative estimate of drug-likeness (QED) is 0.754. The molecule has 112 valence electrons. The molecule has 3 nitrogen and oxygen atoms in total. The lowest BCUT2D eigenvalue weighted by atomic mass is 9.86. The number of alkyl halides is 1. The molecule has 0 N–H and O–H groups in total. The van der Waals surface area contributed by atoms with Crippen molar-refractivity contribution in [3.8, 4) is 0 Å². The molecular weight excluding hydrogens is 274 g/mol. The molecule has 0 unspecified atom stereocenters. The molecule has 1 aromatic rings. The van der Waals surface area contributed by atoms with E-state index in [0.717, 1.165) is 0 Å². The van der Waals surface area contributed by atoms with Gasteiger partial charge in [-0.05, 0) is 23.1 Å². The van der Waals surface area contributed by atoms with Gasteiger partial charge >= 0.3 is 0 Å². The lowest BCUT2D eigenvalue weighted by Crippen LogP contribution is -2.35. The molecule has 1 aromatic carbocycles. The van der Waals surface area contributed by atoms with E-state index >= 15 is 0 Å². The predicted octanol–water partition coefficient (Wildman–Crippen LogP) is 3.31. The summed E-state index contributed by atoms with van der Waals surface area (Å²) >= 11 is 5.76. The Bertz CT molecular complexity index is 423. The summed E-state index contributed by atoms with van der Waals surface area (Å²) in [4.78, 5) is 14.1. The van der Waals surface area contributed by atoms with Crippen LogP contribution in [0.2, 0.25) is 0 Å². The maximum atomic E-state index is 12.4. The van der Waals surface area contributed by atoms with Gasteiger partial charge in [0.1, 0.15) is 0 Å². The summed E-state index contributed by atoms with van der Waals surface area (Å²) in [5.41, 5.74) is 2.00. The molecule has 0 saturated heterocycles. The number of ether oxygens (including phenoxy) is 1. The molecule has 0 aliphatic carbocycles. The average molecular weight is 298 g/mol. The summed E-state index contributed by atoms with van der Waals surface area (Å²) < 4.78 is 5.03. The molecule has 0 aromatic heterocycles. The minimum absolute atomic E-state index is 0.00293. The smallest absolute Gasteiger partial charge is 0.253 e. The second kappa shape index (κ2) is 7.65. The zero-order valence-electron chi connectivity index (χ0n) is 12.8. The first kappa shape index (κ1) is 17.0. The van der Waals surface area contributed by atoms with E-state index in [2.05, 4.69) is 20.8 Å². The van der Waals surface area contributed by atoms with Crippen molar-refractivity contribution in [2.24, 2.45) is 0 Å². The van der Waals surface area contributed by atoms with Gasteiger partial charge in [-0.3, -0.25) is 4.79 Å². The maximum absolute atomic E-state index is 12.4. The molecule has 1 amide bonds. The number of rotatable bonds is 6. The first-order chi connectivity index (χ1) is 9.40. The van der Waals surface area contributed by atoms with Crippen LogP contribution in [0.4, 0.5) is 0 Å². The summed E-state index contributed by atoms with van der Waals surface area (Å²) in [6.45, 7) is 8.07. The third-order valence-electron chi connectivity index (χ3n) is 3.20. The van der Waals surface area contributed by atoms with Gasteiger partial charge < -0.3 is 9.64 Å². The fourth-order valence-electron chi connectivity index (χ4n) is 1.91. The van der Waals surface area contributed by atoms with Crippen LogP contribution in [0.25, 0.3) is 0 Å². The summed E-state index contributed by atoms with van der Waals surface area (Å²) in [7, 11) is 1.63. The fraction of sp³-hybridized carbons (Fsp3) is 0.562. The number of halogens is 1. The first-order valence-corrected chi connectivity index (χ1v) is 7.38. The van der Waals surface area contributed by atoms with Gasteiger partial charge in [0.05, 0.1) is 6.61 Å². The van der Waals surface area contributed by atoms with Crippen LogP contribution in [-0.4, -0.2) is 43.5 Å². The standard InChI is InChI=1S/C16H24ClNO2/c1-16(2,3)14-7-5-13(6-8-14)15(19)18(10-9-17)11-12-20-4/h5-8H,9-12H2,1-4H3. The average Bonchev–Trinajstić information content (AvgIpc) is 2.42. The third kappa shape index (κ3) is 4.80. The van der Waals surface area contributed by atoms with Crippen LogP contribution >= 0.6 is 11.6 Å². The van der Waals surface area contributed by atoms with Crippen molar-refractivity contribution < 1.29 is 9.53 Å². The van der Waals surface area contributed by atoms with Gasteiger partial charge in [0.15, 0.2) is 0 Å². The van der Waals surface area contributed by atoms with Gasteiger partial charge in [0, 0.05) is 31.6 Å². The predicted molar refractivity (Wildman–Crippen MR) is 83.6 cm³/mol. The highest BCUT2D eigenvalue weighted by molar-refractivity contribution is 6.18. The molecule has 0 aliphatic heterocycles. The van der Waals surface area contributed by atoms with E-state index in [-0.39, 0.29) is 11.3 Å². The number of amides is 1. The monoisotopic (exact) mass is 297 g/mol. The number of carbonyl (C=O) groups is 1. The molecule has 20 heavy (non-hydrogen) atoms. The molecule has 0 heterocycles. The van der Waals surface area contributed by atoms with Gasteiger partial charge in [0.2, 0.25) is 0 Å². The molecule has 0 saturated carbocycles. The second-order valence-corrected chi connectivity index (χ2v) is 6.18. The summed E-state index contributed by atoms with van der Waals surface area (Å²) in [5.74, 6) is 0.429. The molecule has 4 heteroatoms. The van der Waals surface area contributed by atoms with Crippen LogP contribution in [0.3, 0.4) is 0 Å². The molecular formula is C16H24ClNO2. The van der Waals surface area contributed by atoms with E-state index < -0.39 is 0 Å². The molecule has 0 radical (unpaired) electrons. The highest BCUT2D eigenvalue weighted by atomic mass is 35.5. The van der Waals surface area contributed by atoms with Crippen molar-refractivity contribution >= 4 is 17.5 Å². The molecule has 0 atom stereocenters. The number of methoxy groups -OCH3 is 1. The Labute approximate surface area is 126 Å². The third-order valence-corrected chi connectivity index (χ3v) is 3.37. The van der Waals surface area contributed by atoms with E-state index in [0.29, 0.717) is 31.1 Å². The topological polar surface area (TPSA) is 29.5 Å². The largest absolute Gasteiger partial charge is 0.383 e. The van der Waals surface area contributed by atoms with Gasteiger partial charge in [-0.15, -0.1) is 11.6 Å². The highest BCUT2D eigenvalue weighted by Gasteiger charge is 2.17. The Balaban J connectivity index is 2.83. The van der Waals surface area contributed by atoms with Crippen LogP contribution in [0, 0.1) is 0 Å². The lowest BCUT2D eigenvalue weighted by Gasteiger charge is -2.23. The van der Waals surface area contributed by atoms with Crippen LogP contribution in [0.5, 0.6) is 0 Å². The fourth-order valence-corrected chi connectivity index (χ4v) is 2.12. The van der Waals surface area contributed by atoms with Gasteiger partial charge in [-0.2, -0.15) is 0 Å². The Morgan fingerprint density at radius 1 is 1.20 bits per heavy atom. The van der Waals surface area contributed by atoms with E-state index in [1.807, 2.05) is 24.3 Å². The minimum atomic E-state index is 0.00293. The van der Waals surface area contributed by atoms with Crippen molar-refractivity contribution in [1.29, 1.82) is 0 Å². The van der Waals surface area contributed by atoms with Crippen molar-refractivity contribution in [1.82, 2.24) is 4.90 Å². The number of hydrogen-bond acceptors (Lipinski definition) is 2. The summed E-state index contributed by atoms with van der Waals surface area (Å²) in [5, 5.41) is 0. The number of carbonyl (C=O) groups excluding carboxylic acids is 1. The van der Waals surface area contributed by atoms with E-state index in [1.54, 1.807) is 12.0 Å². The zero-order valence-corrected chi connectivity index (χ0v) is 13.5. The molecule has 0 bridgehead atoms. The Hall–Kier alpha value is -1.06. The Morgan fingerprint density at radius 3 is 2.25 bits per heavy atom. The number of hydrogen-bond donors (Lipinski definition) is 0. The molecule has 0 fully saturated rings. The zero-order chi connectivity index (χ0) is 15.2. The van der Waals surface area contributed by atoms with Gasteiger partial charge in [-0.25, -0.2) is 0 Å². The van der Waals surface area contributed by atoms with Crippen molar-refractivity contribution in [3.05, 3.63) is 35.4 Å². The highest BCUT2D eigenvalue weighted by Crippen LogP contribution is 2.22. The van der Waals surface area contributed by atoms with E-state index in [9.17, 15) is 4.79 Å². The van der Waals surface area contributed by atoms with E-state index in [1.165, 1.54) is 5.56 Å². The Morgan fingerprint density at radius 2 is 1.80 bits per heavy atom. The first-order valence-electron chi connectivity index (χ1n) is 6.85. The minimum Gasteiger partial charge on any atom is -0.383 e. The maximum Gasteiger partial charge on any atom is 0.253 e. The van der Waals surface area contributed by atoms with E-state index in [4.69, 9.17) is 16.3 Å². The Kier molecular flexibility index (Phi) is 6.50. The van der Waals surface area contributed by atoms with Crippen LogP contribution in [0.1, 0.15) is 36.7 Å². The summed E-state index contributed by atoms with van der Waals surface area (Å²) in [6.07, 6.45) is 0. The van der Waals surface area contributed by atoms with Crippen molar-refractivity contribution in [2.75, 3.05) is 32.7 Å². The summed E-state index contributed by atoms with van der Waals surface area (Å²) in [6, 6.07) is 7.80. The van der Waals surface area contributed by atoms with Gasteiger partial charge in [0.25, 0.3) is 5.91 Å². The van der Waals surface area contributed by atoms with Crippen LogP contribution in [0.15, 0.2) is 24.3 Å². The van der Waals surface area contributed by atoms with Crippen LogP contribution < -0.4 is 0 Å².